The number of nitrogens with zero attached hydrogens (tertiary/aromatic N) is 3. The molecule has 1 saturated heterocycles. The molecule has 1 fully saturated rings. The Morgan fingerprint density at radius 2 is 1.86 bits per heavy atom. The molecule has 0 spiro atoms. The van der Waals surface area contributed by atoms with Gasteiger partial charge >= 0.3 is 5.69 Å². The van der Waals surface area contributed by atoms with E-state index in [2.05, 4.69) is 5.32 Å². The Morgan fingerprint density at radius 3 is 2.61 bits per heavy atom. The van der Waals surface area contributed by atoms with Gasteiger partial charge in [0, 0.05) is 44.4 Å². The summed E-state index contributed by atoms with van der Waals surface area (Å²) in [6, 6.07) is 14.8. The Labute approximate surface area is 162 Å². The molecule has 3 aromatic rings. The molecule has 28 heavy (non-hydrogen) atoms. The minimum Gasteiger partial charge on any atom is -0.326 e. The monoisotopic (exact) mass is 378 g/mol. The summed E-state index contributed by atoms with van der Waals surface area (Å²) in [6.07, 6.45) is 1.60. The summed E-state index contributed by atoms with van der Waals surface area (Å²) in [5.41, 5.74) is 2.97. The Kier molecular flexibility index (Phi) is 4.73. The molecular weight excluding hydrogens is 356 g/mol. The predicted octanol–water partition coefficient (Wildman–Crippen LogP) is 2.50. The second-order valence-electron chi connectivity index (χ2n) is 6.98. The summed E-state index contributed by atoms with van der Waals surface area (Å²) in [5.74, 6) is -0.0662. The van der Waals surface area contributed by atoms with Crippen LogP contribution in [0.4, 0.5) is 11.4 Å². The molecule has 2 aromatic carbocycles. The molecular formula is C21H22N4O3. The van der Waals surface area contributed by atoms with Crippen molar-refractivity contribution in [1.29, 1.82) is 0 Å². The number of nitrogens with one attached hydrogen (secondary N) is 1. The van der Waals surface area contributed by atoms with Crippen LogP contribution in [0, 0.1) is 0 Å². The lowest BCUT2D eigenvalue weighted by Crippen LogP contribution is -2.25. The first-order chi connectivity index (χ1) is 13.5. The van der Waals surface area contributed by atoms with Gasteiger partial charge in [-0.05, 0) is 36.8 Å². The number of amides is 2. The summed E-state index contributed by atoms with van der Waals surface area (Å²) >= 11 is 0. The van der Waals surface area contributed by atoms with Gasteiger partial charge in [0.15, 0.2) is 0 Å². The number of hydrogen-bond donors (Lipinski definition) is 1. The smallest absolute Gasteiger partial charge is 0.326 e. The van der Waals surface area contributed by atoms with Gasteiger partial charge in [-0.25, -0.2) is 4.79 Å². The molecule has 0 unspecified atom stereocenters. The van der Waals surface area contributed by atoms with E-state index >= 15 is 0 Å². The number of carbonyl (C=O) groups is 2. The summed E-state index contributed by atoms with van der Waals surface area (Å²) in [4.78, 5) is 38.5. The first kappa shape index (κ1) is 18.0. The average molecular weight is 378 g/mol. The van der Waals surface area contributed by atoms with Gasteiger partial charge in [0.1, 0.15) is 0 Å². The second-order valence-corrected chi connectivity index (χ2v) is 6.98. The summed E-state index contributed by atoms with van der Waals surface area (Å²) < 4.78 is 3.21. The SMILES string of the molecule is Cn1c(=O)n(CCC(=O)Nc2cccc(N3CCCC3=O)c2)c2ccccc21. The van der Waals surface area contributed by atoms with Crippen LogP contribution in [0.25, 0.3) is 11.0 Å². The zero-order valence-corrected chi connectivity index (χ0v) is 15.7. The van der Waals surface area contributed by atoms with Gasteiger partial charge in [-0.1, -0.05) is 18.2 Å². The molecule has 0 bridgehead atoms. The van der Waals surface area contributed by atoms with E-state index in [0.29, 0.717) is 25.2 Å². The highest BCUT2D eigenvalue weighted by atomic mass is 16.2. The number of carbonyl (C=O) groups excluding carboxylic acids is 2. The fraction of sp³-hybridized carbons (Fsp3) is 0.286. The van der Waals surface area contributed by atoms with Gasteiger partial charge in [-0.2, -0.15) is 0 Å². The minimum atomic E-state index is -0.176. The lowest BCUT2D eigenvalue weighted by molar-refractivity contribution is -0.117. The molecule has 7 nitrogen and oxygen atoms in total. The van der Waals surface area contributed by atoms with Crippen LogP contribution >= 0.6 is 0 Å². The standard InChI is InChI=1S/C21H22N4O3/c1-23-17-8-2-3-9-18(17)25(21(23)28)13-11-19(26)22-15-6-4-7-16(14-15)24-12-5-10-20(24)27/h2-4,6-9,14H,5,10-13H2,1H3,(H,22,26). The number of anilines is 2. The molecule has 2 heterocycles. The van der Waals surface area contributed by atoms with Crippen LogP contribution in [0.3, 0.4) is 0 Å². The average Bonchev–Trinajstić information content (AvgIpc) is 3.23. The second kappa shape index (κ2) is 7.34. The number of aryl methyl sites for hydroxylation is 2. The van der Waals surface area contributed by atoms with E-state index in [1.807, 2.05) is 42.5 Å². The van der Waals surface area contributed by atoms with E-state index in [9.17, 15) is 14.4 Å². The van der Waals surface area contributed by atoms with Crippen molar-refractivity contribution in [2.24, 2.45) is 7.05 Å². The third kappa shape index (κ3) is 3.31. The summed E-state index contributed by atoms with van der Waals surface area (Å²) in [6.45, 7) is 1.01. The molecule has 1 aliphatic heterocycles. The molecule has 2 amide bonds. The Bertz CT molecular complexity index is 1110. The van der Waals surface area contributed by atoms with Gasteiger partial charge in [0.25, 0.3) is 0 Å². The Hall–Kier alpha value is -3.35. The molecule has 0 aliphatic carbocycles. The van der Waals surface area contributed by atoms with Crippen LogP contribution in [-0.4, -0.2) is 27.5 Å². The molecule has 1 N–H and O–H groups in total. The van der Waals surface area contributed by atoms with Crippen molar-refractivity contribution in [3.63, 3.8) is 0 Å². The predicted molar refractivity (Wildman–Crippen MR) is 108 cm³/mol. The molecule has 144 valence electrons. The van der Waals surface area contributed by atoms with E-state index < -0.39 is 0 Å². The molecule has 7 heteroatoms. The number of para-hydroxylation sites is 2. The summed E-state index contributed by atoms with van der Waals surface area (Å²) in [7, 11) is 1.73. The number of benzene rings is 2. The maximum absolute atomic E-state index is 12.4. The zero-order chi connectivity index (χ0) is 19.7. The number of hydrogen-bond acceptors (Lipinski definition) is 3. The van der Waals surface area contributed by atoms with Crippen molar-refractivity contribution in [2.45, 2.75) is 25.8 Å². The van der Waals surface area contributed by atoms with Gasteiger partial charge in [0.05, 0.1) is 11.0 Å². The lowest BCUT2D eigenvalue weighted by atomic mass is 10.2. The highest BCUT2D eigenvalue weighted by molar-refractivity contribution is 5.97. The van der Waals surface area contributed by atoms with Crippen molar-refractivity contribution in [3.8, 4) is 0 Å². The number of fused-ring (bicyclic) bond motifs is 1. The molecule has 1 aromatic heterocycles. The Balaban J connectivity index is 1.45. The van der Waals surface area contributed by atoms with Gasteiger partial charge < -0.3 is 10.2 Å². The minimum absolute atomic E-state index is 0.110. The first-order valence-corrected chi connectivity index (χ1v) is 9.39. The molecule has 0 radical (unpaired) electrons. The van der Waals surface area contributed by atoms with Crippen LogP contribution < -0.4 is 15.9 Å². The number of imidazole rings is 1. The lowest BCUT2D eigenvalue weighted by Gasteiger charge is -2.16. The van der Waals surface area contributed by atoms with Gasteiger partial charge in [0.2, 0.25) is 11.8 Å². The van der Waals surface area contributed by atoms with E-state index in [-0.39, 0.29) is 23.9 Å². The largest absolute Gasteiger partial charge is 0.328 e. The maximum atomic E-state index is 12.4. The van der Waals surface area contributed by atoms with Gasteiger partial charge in [-0.3, -0.25) is 18.7 Å². The van der Waals surface area contributed by atoms with Crippen LogP contribution in [0.15, 0.2) is 53.3 Å². The molecule has 4 rings (SSSR count). The van der Waals surface area contributed by atoms with Crippen LogP contribution in [0.1, 0.15) is 19.3 Å². The number of rotatable bonds is 5. The van der Waals surface area contributed by atoms with Crippen molar-refractivity contribution >= 4 is 34.2 Å². The zero-order valence-electron chi connectivity index (χ0n) is 15.7. The van der Waals surface area contributed by atoms with E-state index in [1.54, 1.807) is 27.1 Å². The quantitative estimate of drug-likeness (QED) is 0.741. The van der Waals surface area contributed by atoms with E-state index in [0.717, 1.165) is 23.1 Å². The molecule has 1 aliphatic rings. The fourth-order valence-corrected chi connectivity index (χ4v) is 3.69. The van der Waals surface area contributed by atoms with Crippen molar-refractivity contribution in [3.05, 3.63) is 59.0 Å². The van der Waals surface area contributed by atoms with Crippen molar-refractivity contribution in [2.75, 3.05) is 16.8 Å². The topological polar surface area (TPSA) is 76.3 Å². The molecule has 0 saturated carbocycles. The van der Waals surface area contributed by atoms with Gasteiger partial charge in [-0.15, -0.1) is 0 Å². The number of aromatic nitrogens is 2. The van der Waals surface area contributed by atoms with Crippen LogP contribution in [-0.2, 0) is 23.2 Å². The third-order valence-corrected chi connectivity index (χ3v) is 5.13. The summed E-state index contributed by atoms with van der Waals surface area (Å²) in [5, 5.41) is 2.87. The normalized spacial score (nSPS) is 14.0. The first-order valence-electron chi connectivity index (χ1n) is 9.39. The molecule has 0 atom stereocenters. The van der Waals surface area contributed by atoms with Crippen LogP contribution in [0.5, 0.6) is 0 Å². The Morgan fingerprint density at radius 1 is 1.07 bits per heavy atom. The van der Waals surface area contributed by atoms with E-state index in [1.165, 1.54) is 0 Å². The maximum Gasteiger partial charge on any atom is 0.328 e. The third-order valence-electron chi connectivity index (χ3n) is 5.13. The highest BCUT2D eigenvalue weighted by Crippen LogP contribution is 2.24. The van der Waals surface area contributed by atoms with Crippen LogP contribution in [0.2, 0.25) is 0 Å². The van der Waals surface area contributed by atoms with Crippen molar-refractivity contribution < 1.29 is 9.59 Å². The van der Waals surface area contributed by atoms with E-state index in [4.69, 9.17) is 0 Å². The van der Waals surface area contributed by atoms with Crippen molar-refractivity contribution in [1.82, 2.24) is 9.13 Å². The highest BCUT2D eigenvalue weighted by Gasteiger charge is 2.21. The fourth-order valence-electron chi connectivity index (χ4n) is 3.69.